The monoisotopic (exact) mass is 455 g/mol. The lowest BCUT2D eigenvalue weighted by Gasteiger charge is -2.24. The molecule has 1 atom stereocenters. The van der Waals surface area contributed by atoms with Gasteiger partial charge in [0.15, 0.2) is 11.5 Å². The Morgan fingerprint density at radius 3 is 2.75 bits per heavy atom. The Labute approximate surface area is 188 Å². The highest BCUT2D eigenvalue weighted by atomic mass is 32.1. The highest BCUT2D eigenvalue weighted by molar-refractivity contribution is 7.15. The number of hydrogen-bond donors (Lipinski definition) is 2. The largest absolute Gasteiger partial charge is 0.493 e. The summed E-state index contributed by atoms with van der Waals surface area (Å²) in [5.74, 6) is -1.05. The summed E-state index contributed by atoms with van der Waals surface area (Å²) >= 11 is 1.10. The second kappa shape index (κ2) is 9.00. The van der Waals surface area contributed by atoms with Crippen LogP contribution in [0.3, 0.4) is 0 Å². The standard InChI is InChI=1S/C24H22FNO5S/c1-3-9-31-17-8-7-13(11-18(17)30-2)16-12-19(27)26-21-20(14-5-4-6-15(25)10-14)23(24(28)29)32-22(16)21/h4-8,10-11,16H,3,9,12H2,1-2H3,(H,26,27)(H,28,29)/t16-/m1/s1. The molecule has 2 aromatic carbocycles. The van der Waals surface area contributed by atoms with Crippen molar-refractivity contribution in [2.24, 2.45) is 0 Å². The molecule has 0 saturated heterocycles. The second-order valence-electron chi connectivity index (χ2n) is 7.42. The number of halogens is 1. The molecule has 0 bridgehead atoms. The highest BCUT2D eigenvalue weighted by Crippen LogP contribution is 2.50. The molecular weight excluding hydrogens is 433 g/mol. The molecule has 2 N–H and O–H groups in total. The number of ether oxygens (including phenoxy) is 2. The Kier molecular flexibility index (Phi) is 6.14. The normalized spacial score (nSPS) is 15.1. The zero-order valence-electron chi connectivity index (χ0n) is 17.6. The number of carbonyl (C=O) groups is 2. The number of methoxy groups -OCH3 is 1. The molecule has 2 heterocycles. The van der Waals surface area contributed by atoms with Crippen LogP contribution in [0.4, 0.5) is 10.1 Å². The molecule has 0 fully saturated rings. The van der Waals surface area contributed by atoms with E-state index < -0.39 is 11.8 Å². The number of benzene rings is 2. The van der Waals surface area contributed by atoms with Crippen LogP contribution < -0.4 is 14.8 Å². The number of amides is 1. The summed E-state index contributed by atoms with van der Waals surface area (Å²) in [5, 5.41) is 12.7. The van der Waals surface area contributed by atoms with Gasteiger partial charge in [-0.1, -0.05) is 25.1 Å². The Hall–Kier alpha value is -3.39. The van der Waals surface area contributed by atoms with Crippen molar-refractivity contribution in [1.82, 2.24) is 0 Å². The van der Waals surface area contributed by atoms with Crippen molar-refractivity contribution >= 4 is 28.9 Å². The van der Waals surface area contributed by atoms with E-state index in [-0.39, 0.29) is 23.1 Å². The van der Waals surface area contributed by atoms with Gasteiger partial charge in [0, 0.05) is 22.8 Å². The van der Waals surface area contributed by atoms with Crippen LogP contribution >= 0.6 is 11.3 Å². The van der Waals surface area contributed by atoms with E-state index >= 15 is 0 Å². The van der Waals surface area contributed by atoms with Crippen molar-refractivity contribution in [3.05, 3.63) is 63.6 Å². The van der Waals surface area contributed by atoms with E-state index in [0.29, 0.717) is 39.8 Å². The van der Waals surface area contributed by atoms with Gasteiger partial charge in [-0.25, -0.2) is 9.18 Å². The Morgan fingerprint density at radius 1 is 1.25 bits per heavy atom. The van der Waals surface area contributed by atoms with E-state index in [1.807, 2.05) is 19.1 Å². The van der Waals surface area contributed by atoms with Gasteiger partial charge in [-0.2, -0.15) is 0 Å². The van der Waals surface area contributed by atoms with Gasteiger partial charge in [-0.15, -0.1) is 11.3 Å². The van der Waals surface area contributed by atoms with Gasteiger partial charge in [0.25, 0.3) is 0 Å². The summed E-state index contributed by atoms with van der Waals surface area (Å²) in [6.07, 6.45) is 1.01. The predicted octanol–water partition coefficient (Wildman–Crippen LogP) is 5.52. The van der Waals surface area contributed by atoms with Crippen LogP contribution in [0.25, 0.3) is 11.1 Å². The van der Waals surface area contributed by atoms with Gasteiger partial charge in [0.2, 0.25) is 5.91 Å². The van der Waals surface area contributed by atoms with Gasteiger partial charge >= 0.3 is 5.97 Å². The summed E-state index contributed by atoms with van der Waals surface area (Å²) in [7, 11) is 1.55. The molecule has 6 nitrogen and oxygen atoms in total. The first-order valence-electron chi connectivity index (χ1n) is 10.2. The van der Waals surface area contributed by atoms with Crippen LogP contribution in [-0.4, -0.2) is 30.7 Å². The Morgan fingerprint density at radius 2 is 2.06 bits per heavy atom. The number of carboxylic acids is 1. The summed E-state index contributed by atoms with van der Waals surface area (Å²) < 4.78 is 25.1. The minimum absolute atomic E-state index is 0.0580. The van der Waals surface area contributed by atoms with E-state index in [4.69, 9.17) is 9.47 Å². The first kappa shape index (κ1) is 21.8. The van der Waals surface area contributed by atoms with E-state index in [1.54, 1.807) is 19.2 Å². The summed E-state index contributed by atoms with van der Waals surface area (Å²) in [6.45, 7) is 2.56. The van der Waals surface area contributed by atoms with Gasteiger partial charge in [0.05, 0.1) is 19.4 Å². The number of rotatable bonds is 7. The van der Waals surface area contributed by atoms with Crippen LogP contribution in [0, 0.1) is 5.82 Å². The fourth-order valence-electron chi connectivity index (χ4n) is 3.86. The average molecular weight is 456 g/mol. The van der Waals surface area contributed by atoms with Gasteiger partial charge in [-0.05, 0) is 41.8 Å². The maximum absolute atomic E-state index is 13.9. The molecule has 0 radical (unpaired) electrons. The first-order valence-corrected chi connectivity index (χ1v) is 11.0. The predicted molar refractivity (Wildman–Crippen MR) is 121 cm³/mol. The number of aromatic carboxylic acids is 1. The fourth-order valence-corrected chi connectivity index (χ4v) is 5.10. The lowest BCUT2D eigenvalue weighted by atomic mass is 9.88. The van der Waals surface area contributed by atoms with Crippen LogP contribution in [0.15, 0.2) is 42.5 Å². The zero-order chi connectivity index (χ0) is 22.8. The molecule has 166 valence electrons. The van der Waals surface area contributed by atoms with Crippen LogP contribution in [0.1, 0.15) is 45.8 Å². The summed E-state index contributed by atoms with van der Waals surface area (Å²) in [4.78, 5) is 25.4. The average Bonchev–Trinajstić information content (AvgIpc) is 3.16. The quantitative estimate of drug-likeness (QED) is 0.490. The molecule has 1 aromatic heterocycles. The highest BCUT2D eigenvalue weighted by Gasteiger charge is 2.35. The van der Waals surface area contributed by atoms with Crippen LogP contribution in [-0.2, 0) is 4.79 Å². The van der Waals surface area contributed by atoms with Gasteiger partial charge in [-0.3, -0.25) is 4.79 Å². The van der Waals surface area contributed by atoms with Crippen molar-refractivity contribution < 1.29 is 28.6 Å². The maximum atomic E-state index is 13.9. The van der Waals surface area contributed by atoms with E-state index in [9.17, 15) is 19.1 Å². The lowest BCUT2D eigenvalue weighted by Crippen LogP contribution is -2.22. The van der Waals surface area contributed by atoms with Gasteiger partial charge in [0.1, 0.15) is 10.7 Å². The number of fused-ring (bicyclic) bond motifs is 1. The van der Waals surface area contributed by atoms with Crippen molar-refractivity contribution in [1.29, 1.82) is 0 Å². The third-order valence-electron chi connectivity index (χ3n) is 5.27. The SMILES string of the molecule is CCCOc1ccc([C@H]2CC(=O)Nc3c2sc(C(=O)O)c3-c2cccc(F)c2)cc1OC. The van der Waals surface area contributed by atoms with E-state index in [2.05, 4.69) is 5.32 Å². The maximum Gasteiger partial charge on any atom is 0.346 e. The molecule has 0 unspecified atom stereocenters. The molecule has 8 heteroatoms. The molecule has 4 rings (SSSR count). The van der Waals surface area contributed by atoms with Crippen molar-refractivity contribution in [3.8, 4) is 22.6 Å². The number of carboxylic acid groups (broad SMARTS) is 1. The van der Waals surface area contributed by atoms with Crippen molar-refractivity contribution in [2.75, 3.05) is 19.0 Å². The molecule has 0 saturated carbocycles. The minimum atomic E-state index is -1.13. The van der Waals surface area contributed by atoms with E-state index in [0.717, 1.165) is 23.3 Å². The zero-order valence-corrected chi connectivity index (χ0v) is 18.4. The third-order valence-corrected chi connectivity index (χ3v) is 6.56. The number of thiophene rings is 1. The van der Waals surface area contributed by atoms with Crippen LogP contribution in [0.5, 0.6) is 11.5 Å². The third kappa shape index (κ3) is 4.05. The number of anilines is 1. The molecule has 0 aliphatic carbocycles. The Bertz CT molecular complexity index is 1190. The first-order chi connectivity index (χ1) is 15.4. The molecule has 1 aliphatic heterocycles. The summed E-state index contributed by atoms with van der Waals surface area (Å²) in [6, 6.07) is 11.2. The molecule has 1 aliphatic rings. The van der Waals surface area contributed by atoms with Crippen molar-refractivity contribution in [2.45, 2.75) is 25.7 Å². The molecule has 32 heavy (non-hydrogen) atoms. The van der Waals surface area contributed by atoms with Crippen LogP contribution in [0.2, 0.25) is 0 Å². The minimum Gasteiger partial charge on any atom is -0.493 e. The number of hydrogen-bond acceptors (Lipinski definition) is 5. The number of carbonyl (C=O) groups excluding carboxylic acids is 1. The topological polar surface area (TPSA) is 84.9 Å². The summed E-state index contributed by atoms with van der Waals surface area (Å²) in [5.41, 5.74) is 1.96. The second-order valence-corrected chi connectivity index (χ2v) is 8.48. The molecule has 1 amide bonds. The molecular formula is C24H22FNO5S. The van der Waals surface area contributed by atoms with E-state index in [1.165, 1.54) is 18.2 Å². The molecule has 0 spiro atoms. The fraction of sp³-hybridized carbons (Fsp3) is 0.250. The number of nitrogens with one attached hydrogen (secondary N) is 1. The van der Waals surface area contributed by atoms with Crippen molar-refractivity contribution in [3.63, 3.8) is 0 Å². The van der Waals surface area contributed by atoms with Gasteiger partial charge < -0.3 is 19.9 Å². The lowest BCUT2D eigenvalue weighted by molar-refractivity contribution is -0.116. The molecule has 3 aromatic rings. The smallest absolute Gasteiger partial charge is 0.346 e. The Balaban J connectivity index is 1.85.